The molecule has 0 saturated carbocycles. The van der Waals surface area contributed by atoms with E-state index in [0.29, 0.717) is 0 Å². The van der Waals surface area contributed by atoms with Crippen molar-refractivity contribution in [2.24, 2.45) is 0 Å². The molecule has 0 bridgehead atoms. The van der Waals surface area contributed by atoms with Crippen LogP contribution in [0, 0.1) is 0 Å². The van der Waals surface area contributed by atoms with E-state index in [2.05, 4.69) is 0 Å². The van der Waals surface area contributed by atoms with E-state index in [1.807, 2.05) is 0 Å². The maximum Gasteiger partial charge on any atom is 0 e. The fraction of sp³-hybridized carbons (Fsp3) is 0. The molecule has 0 aromatic carbocycles. The van der Waals surface area contributed by atoms with E-state index in [4.69, 9.17) is 0 Å². The van der Waals surface area contributed by atoms with Gasteiger partial charge in [0.25, 0.3) is 0 Å². The van der Waals surface area contributed by atoms with Crippen LogP contribution in [-0.2, 0) is 0 Å². The molecular weight excluding hydrogens is 673 g/mol. The smallest absolute Gasteiger partial charge is 0 e. The first kappa shape index (κ1) is 111. The molecule has 0 aromatic heterocycles. The Kier molecular flexibility index (Phi) is 822. The van der Waals surface area contributed by atoms with Crippen LogP contribution in [-0.4, -0.2) is 306 Å². The molecule has 0 nitrogen and oxygen atoms in total. The summed E-state index contributed by atoms with van der Waals surface area (Å²) in [6.07, 6.45) is 0. The van der Waals surface area contributed by atoms with Crippen molar-refractivity contribution in [1.29, 1.82) is 0 Å². The van der Waals surface area contributed by atoms with Crippen molar-refractivity contribution in [2.75, 3.05) is 0 Å². The van der Waals surface area contributed by atoms with Crippen LogP contribution in [0.3, 0.4) is 0 Å². The van der Waals surface area contributed by atoms with E-state index < -0.39 is 0 Å². The van der Waals surface area contributed by atoms with Crippen molar-refractivity contribution in [3.8, 4) is 0 Å². The second-order valence-electron chi connectivity index (χ2n) is 0. The van der Waals surface area contributed by atoms with Crippen molar-refractivity contribution in [1.82, 2.24) is 0 Å². The standard InChI is InChI=1S/8Ga.5Na. The Bertz CT molecular complexity index is 12.5. The quantitative estimate of drug-likeness (QED) is 0.227. The van der Waals surface area contributed by atoms with Crippen molar-refractivity contribution < 1.29 is 0 Å². The first-order chi connectivity index (χ1) is 0. The fourth-order valence-corrected chi connectivity index (χ4v) is 0. The summed E-state index contributed by atoms with van der Waals surface area (Å²) < 4.78 is 0. The second kappa shape index (κ2) is 96.5. The molecular formula is Ga8Na5. The predicted molar refractivity (Wildman–Crippen MR) is 74.8 cm³/mol. The minimum absolute atomic E-state index is 0. The third kappa shape index (κ3) is 87.6. The van der Waals surface area contributed by atoms with E-state index in [1.165, 1.54) is 0 Å². The van der Waals surface area contributed by atoms with Crippen LogP contribution in [0.25, 0.3) is 0 Å². The average Bonchev–Trinajstić information content (AvgIpc) is 0. The van der Waals surface area contributed by atoms with Crippen LogP contribution in [0.15, 0.2) is 0 Å². The molecule has 0 fully saturated rings. The van der Waals surface area contributed by atoms with Crippen LogP contribution in [0.4, 0.5) is 0 Å². The Hall–Kier alpha value is 10.1. The Labute approximate surface area is 297 Å². The maximum absolute atomic E-state index is 0. The van der Waals surface area contributed by atoms with Gasteiger partial charge in [0.15, 0.2) is 0 Å². The summed E-state index contributed by atoms with van der Waals surface area (Å²) in [5.41, 5.74) is 0. The summed E-state index contributed by atoms with van der Waals surface area (Å²) in [7, 11) is 0. The van der Waals surface area contributed by atoms with Crippen LogP contribution in [0.5, 0.6) is 0 Å². The van der Waals surface area contributed by atoms with E-state index >= 15 is 0 Å². The van der Waals surface area contributed by atoms with Crippen LogP contribution in [0.2, 0.25) is 0 Å². The number of hydrogen-bond acceptors (Lipinski definition) is 0. The minimum atomic E-state index is 0. The molecule has 0 unspecified atom stereocenters. The molecule has 0 saturated heterocycles. The van der Waals surface area contributed by atoms with E-state index in [0.717, 1.165) is 0 Å². The first-order valence-corrected chi connectivity index (χ1v) is 0. The minimum Gasteiger partial charge on any atom is 0 e. The molecule has 13 heteroatoms. The monoisotopic (exact) mass is 666 g/mol. The molecule has 0 amide bonds. The summed E-state index contributed by atoms with van der Waals surface area (Å²) in [6, 6.07) is 0. The molecule has 13 heavy (non-hydrogen) atoms. The van der Waals surface area contributed by atoms with Crippen molar-refractivity contribution in [2.45, 2.75) is 0 Å². The summed E-state index contributed by atoms with van der Waals surface area (Å²) >= 11 is 0. The van der Waals surface area contributed by atoms with Gasteiger partial charge in [0.2, 0.25) is 0 Å². The van der Waals surface area contributed by atoms with Crippen LogP contribution < -0.4 is 0 Å². The Morgan fingerprint density at radius 1 is 0.154 bits per heavy atom. The van der Waals surface area contributed by atoms with Gasteiger partial charge in [0.1, 0.15) is 0 Å². The SMILES string of the molecule is [Ga].[Ga].[Ga].[Ga].[Ga].[Ga].[Ga].[Ga].[Na].[Na].[Na].[Na].[Na]. The Morgan fingerprint density at radius 2 is 0.154 bits per heavy atom. The molecule has 0 aromatic rings. The van der Waals surface area contributed by atoms with Crippen molar-refractivity contribution >= 4 is 306 Å². The number of rotatable bonds is 0. The van der Waals surface area contributed by atoms with Gasteiger partial charge in [0.05, 0.1) is 0 Å². The molecule has 0 atom stereocenters. The summed E-state index contributed by atoms with van der Waals surface area (Å²) in [4.78, 5) is 0. The predicted octanol–water partition coefficient (Wildman–Crippen LogP) is -4.95. The molecule has 0 aliphatic carbocycles. The van der Waals surface area contributed by atoms with E-state index in [1.54, 1.807) is 0 Å². The Balaban J connectivity index is 0. The molecule has 0 aliphatic rings. The van der Waals surface area contributed by atoms with Crippen LogP contribution >= 0.6 is 0 Å². The molecule has 0 aliphatic heterocycles. The second-order valence-corrected chi connectivity index (χ2v) is 0. The van der Waals surface area contributed by atoms with Gasteiger partial charge in [-0.2, -0.15) is 0 Å². The van der Waals surface area contributed by atoms with Gasteiger partial charge >= 0.3 is 0 Å². The fourth-order valence-electron chi connectivity index (χ4n) is 0. The van der Waals surface area contributed by atoms with Gasteiger partial charge in [-0.05, 0) is 0 Å². The van der Waals surface area contributed by atoms with Crippen LogP contribution in [0.1, 0.15) is 0 Å². The van der Waals surface area contributed by atoms with Gasteiger partial charge in [-0.3, -0.25) is 0 Å². The normalized spacial score (nSPS) is 0. The van der Waals surface area contributed by atoms with E-state index in [9.17, 15) is 0 Å². The topological polar surface area (TPSA) is 0 Å². The molecule has 0 heterocycles. The van der Waals surface area contributed by atoms with Crippen molar-refractivity contribution in [3.63, 3.8) is 0 Å². The van der Waals surface area contributed by atoms with Gasteiger partial charge in [-0.1, -0.05) is 0 Å². The summed E-state index contributed by atoms with van der Waals surface area (Å²) in [5.74, 6) is 0. The summed E-state index contributed by atoms with van der Waals surface area (Å²) in [6.45, 7) is 0. The average molecular weight is 673 g/mol. The molecule has 29 radical (unpaired) electrons. The molecule has 0 N–H and O–H groups in total. The van der Waals surface area contributed by atoms with Gasteiger partial charge in [-0.25, -0.2) is 0 Å². The zero-order valence-corrected chi connectivity index (χ0v) is 39.0. The molecule has 0 rings (SSSR count). The molecule has 0 spiro atoms. The van der Waals surface area contributed by atoms with E-state index in [-0.39, 0.29) is 306 Å². The third-order valence-corrected chi connectivity index (χ3v) is 0. The number of hydrogen-bond donors (Lipinski definition) is 0. The summed E-state index contributed by atoms with van der Waals surface area (Å²) in [5, 5.41) is 0. The largest absolute Gasteiger partial charge is 0 e. The maximum atomic E-state index is 0. The van der Waals surface area contributed by atoms with Gasteiger partial charge in [0, 0.05) is 306 Å². The van der Waals surface area contributed by atoms with Gasteiger partial charge in [-0.15, -0.1) is 0 Å². The first-order valence-electron chi connectivity index (χ1n) is 0. The Morgan fingerprint density at radius 3 is 0.154 bits per heavy atom. The molecule has 29 valence electrons. The third-order valence-electron chi connectivity index (χ3n) is 0. The zero-order valence-electron chi connectivity index (χ0n) is 9.62. The van der Waals surface area contributed by atoms with Crippen molar-refractivity contribution in [3.05, 3.63) is 0 Å². The zero-order chi connectivity index (χ0) is 0. The van der Waals surface area contributed by atoms with Gasteiger partial charge < -0.3 is 0 Å².